The number of methoxy groups -OCH3 is 2. The van der Waals surface area contributed by atoms with Gasteiger partial charge in [0.15, 0.2) is 0 Å². The lowest BCUT2D eigenvalue weighted by atomic mass is 10.1. The molecule has 21 heavy (non-hydrogen) atoms. The van der Waals surface area contributed by atoms with Crippen molar-refractivity contribution < 1.29 is 18.6 Å². The van der Waals surface area contributed by atoms with E-state index in [1.54, 1.807) is 38.5 Å². The molecule has 2 N–H and O–H groups in total. The van der Waals surface area contributed by atoms with Gasteiger partial charge in [0.05, 0.1) is 14.2 Å². The zero-order chi connectivity index (χ0) is 15.2. The molecular formula is C16H18FNO3. The van der Waals surface area contributed by atoms with E-state index in [0.717, 1.165) is 11.1 Å². The molecule has 2 rings (SSSR count). The van der Waals surface area contributed by atoms with E-state index in [1.807, 2.05) is 0 Å². The van der Waals surface area contributed by atoms with Gasteiger partial charge in [0.1, 0.15) is 29.7 Å². The van der Waals surface area contributed by atoms with E-state index in [-0.39, 0.29) is 12.4 Å². The minimum Gasteiger partial charge on any atom is -0.496 e. The van der Waals surface area contributed by atoms with E-state index in [9.17, 15) is 4.39 Å². The first-order valence-electron chi connectivity index (χ1n) is 6.49. The molecule has 4 nitrogen and oxygen atoms in total. The number of halogens is 1. The number of ether oxygens (including phenoxy) is 3. The molecule has 2 aromatic rings. The van der Waals surface area contributed by atoms with Crippen LogP contribution in [0, 0.1) is 5.82 Å². The van der Waals surface area contributed by atoms with Crippen molar-refractivity contribution in [2.75, 3.05) is 14.2 Å². The quantitative estimate of drug-likeness (QED) is 0.889. The molecule has 0 bridgehead atoms. The summed E-state index contributed by atoms with van der Waals surface area (Å²) in [4.78, 5) is 0. The van der Waals surface area contributed by atoms with E-state index in [4.69, 9.17) is 19.9 Å². The molecular weight excluding hydrogens is 273 g/mol. The van der Waals surface area contributed by atoms with Gasteiger partial charge in [-0.15, -0.1) is 0 Å². The molecule has 0 saturated heterocycles. The fourth-order valence-electron chi connectivity index (χ4n) is 1.95. The van der Waals surface area contributed by atoms with Gasteiger partial charge < -0.3 is 19.9 Å². The van der Waals surface area contributed by atoms with Crippen LogP contribution in [0.4, 0.5) is 4.39 Å². The highest BCUT2D eigenvalue weighted by molar-refractivity contribution is 5.42. The number of benzene rings is 2. The number of rotatable bonds is 6. The summed E-state index contributed by atoms with van der Waals surface area (Å²) in [7, 11) is 3.15. The Morgan fingerprint density at radius 3 is 2.10 bits per heavy atom. The minimum absolute atomic E-state index is 0.262. The molecule has 0 aromatic heterocycles. The summed E-state index contributed by atoms with van der Waals surface area (Å²) in [5.74, 6) is 1.59. The molecule has 0 saturated carbocycles. The highest BCUT2D eigenvalue weighted by Gasteiger charge is 2.06. The van der Waals surface area contributed by atoms with Crippen molar-refractivity contribution in [1.29, 1.82) is 0 Å². The number of hydrogen-bond donors (Lipinski definition) is 1. The maximum absolute atomic E-state index is 13.2. The van der Waals surface area contributed by atoms with Gasteiger partial charge in [-0.1, -0.05) is 6.07 Å². The summed E-state index contributed by atoms with van der Waals surface area (Å²) >= 11 is 0. The summed E-state index contributed by atoms with van der Waals surface area (Å²) in [6.45, 7) is 0.557. The van der Waals surface area contributed by atoms with Crippen LogP contribution in [0.15, 0.2) is 36.4 Å². The summed E-state index contributed by atoms with van der Waals surface area (Å²) < 4.78 is 29.2. The molecule has 0 radical (unpaired) electrons. The van der Waals surface area contributed by atoms with Gasteiger partial charge >= 0.3 is 0 Å². The van der Waals surface area contributed by atoms with Gasteiger partial charge in [-0.05, 0) is 23.3 Å². The van der Waals surface area contributed by atoms with Gasteiger partial charge in [0.25, 0.3) is 0 Å². The van der Waals surface area contributed by atoms with Crippen molar-refractivity contribution in [1.82, 2.24) is 0 Å². The lowest BCUT2D eigenvalue weighted by molar-refractivity contribution is 0.299. The average Bonchev–Trinajstić information content (AvgIpc) is 2.53. The number of hydrogen-bond acceptors (Lipinski definition) is 4. The Bertz CT molecular complexity index is 594. The molecule has 0 fully saturated rings. The topological polar surface area (TPSA) is 53.7 Å². The van der Waals surface area contributed by atoms with Crippen LogP contribution in [-0.4, -0.2) is 14.2 Å². The fourth-order valence-corrected chi connectivity index (χ4v) is 1.95. The Labute approximate surface area is 123 Å². The molecule has 2 aromatic carbocycles. The van der Waals surface area contributed by atoms with Crippen molar-refractivity contribution in [3.05, 3.63) is 53.3 Å². The highest BCUT2D eigenvalue weighted by atomic mass is 19.1. The average molecular weight is 291 g/mol. The zero-order valence-electron chi connectivity index (χ0n) is 12.1. The van der Waals surface area contributed by atoms with Gasteiger partial charge in [0.2, 0.25) is 0 Å². The van der Waals surface area contributed by atoms with Crippen molar-refractivity contribution >= 4 is 0 Å². The molecule has 0 heterocycles. The second-order valence-corrected chi connectivity index (χ2v) is 4.45. The maximum Gasteiger partial charge on any atom is 0.127 e. The van der Waals surface area contributed by atoms with Gasteiger partial charge in [-0.25, -0.2) is 4.39 Å². The lowest BCUT2D eigenvalue weighted by Crippen LogP contribution is -2.05. The first kappa shape index (κ1) is 15.1. The molecule has 0 spiro atoms. The summed E-state index contributed by atoms with van der Waals surface area (Å²) in [5, 5.41) is 0. The van der Waals surface area contributed by atoms with Crippen LogP contribution in [0.1, 0.15) is 11.1 Å². The van der Waals surface area contributed by atoms with Crippen LogP contribution in [0.5, 0.6) is 17.2 Å². The van der Waals surface area contributed by atoms with Crippen molar-refractivity contribution in [2.24, 2.45) is 5.73 Å². The third kappa shape index (κ3) is 3.86. The van der Waals surface area contributed by atoms with Crippen molar-refractivity contribution in [3.8, 4) is 17.2 Å². The standard InChI is InChI=1S/C16H18FNO3/c1-19-14-6-15(20-2)8-16(7-14)21-10-11-3-4-13(17)5-12(11)9-18/h3-8H,9-10,18H2,1-2H3. The second-order valence-electron chi connectivity index (χ2n) is 4.45. The van der Waals surface area contributed by atoms with Crippen molar-refractivity contribution in [3.63, 3.8) is 0 Å². The van der Waals surface area contributed by atoms with E-state index in [0.29, 0.717) is 23.9 Å². The van der Waals surface area contributed by atoms with Gasteiger partial charge in [-0.2, -0.15) is 0 Å². The molecule has 0 amide bonds. The van der Waals surface area contributed by atoms with Crippen LogP contribution in [0.2, 0.25) is 0 Å². The highest BCUT2D eigenvalue weighted by Crippen LogP contribution is 2.28. The molecule has 0 aliphatic heterocycles. The Morgan fingerprint density at radius 2 is 1.52 bits per heavy atom. The molecule has 0 unspecified atom stereocenters. The largest absolute Gasteiger partial charge is 0.496 e. The summed E-state index contributed by atoms with van der Waals surface area (Å²) in [6, 6.07) is 9.77. The van der Waals surface area contributed by atoms with E-state index in [1.165, 1.54) is 12.1 Å². The monoisotopic (exact) mass is 291 g/mol. The van der Waals surface area contributed by atoms with Crippen LogP contribution in [0.3, 0.4) is 0 Å². The Kier molecular flexibility index (Phi) is 5.00. The zero-order valence-corrected chi connectivity index (χ0v) is 12.1. The smallest absolute Gasteiger partial charge is 0.127 e. The summed E-state index contributed by atoms with van der Waals surface area (Å²) in [6.07, 6.45) is 0. The summed E-state index contributed by atoms with van der Waals surface area (Å²) in [5.41, 5.74) is 7.19. The Hall–Kier alpha value is -2.27. The molecule has 5 heteroatoms. The van der Waals surface area contributed by atoms with E-state index >= 15 is 0 Å². The predicted molar refractivity (Wildman–Crippen MR) is 78.2 cm³/mol. The molecule has 112 valence electrons. The molecule has 0 aliphatic carbocycles. The SMILES string of the molecule is COc1cc(OC)cc(OCc2ccc(F)cc2CN)c1. The maximum atomic E-state index is 13.2. The van der Waals surface area contributed by atoms with Gasteiger partial charge in [0, 0.05) is 24.7 Å². The lowest BCUT2D eigenvalue weighted by Gasteiger charge is -2.12. The fraction of sp³-hybridized carbons (Fsp3) is 0.250. The predicted octanol–water partition coefficient (Wildman–Crippen LogP) is 2.88. The van der Waals surface area contributed by atoms with Crippen molar-refractivity contribution in [2.45, 2.75) is 13.2 Å². The first-order valence-corrected chi connectivity index (χ1v) is 6.49. The Balaban J connectivity index is 2.16. The van der Waals surface area contributed by atoms with E-state index < -0.39 is 0 Å². The van der Waals surface area contributed by atoms with Crippen LogP contribution < -0.4 is 19.9 Å². The Morgan fingerprint density at radius 1 is 0.905 bits per heavy atom. The molecule has 0 atom stereocenters. The third-order valence-electron chi connectivity index (χ3n) is 3.11. The normalized spacial score (nSPS) is 10.3. The third-order valence-corrected chi connectivity index (χ3v) is 3.11. The number of nitrogens with two attached hydrogens (primary N) is 1. The van der Waals surface area contributed by atoms with Crippen LogP contribution in [-0.2, 0) is 13.2 Å². The van der Waals surface area contributed by atoms with Crippen LogP contribution >= 0.6 is 0 Å². The van der Waals surface area contributed by atoms with Crippen LogP contribution in [0.25, 0.3) is 0 Å². The second kappa shape index (κ2) is 6.95. The minimum atomic E-state index is -0.303. The first-order chi connectivity index (χ1) is 10.2. The van der Waals surface area contributed by atoms with Gasteiger partial charge in [-0.3, -0.25) is 0 Å². The van der Waals surface area contributed by atoms with E-state index in [2.05, 4.69) is 0 Å². The molecule has 0 aliphatic rings.